The normalized spacial score (nSPS) is 29.0. The minimum absolute atomic E-state index is 0.00577. The molecule has 0 saturated carbocycles. The summed E-state index contributed by atoms with van der Waals surface area (Å²) in [5.74, 6) is -0.483. The fourth-order valence-corrected chi connectivity index (χ4v) is 3.13. The first-order chi connectivity index (χ1) is 10.7. The monoisotopic (exact) mass is 306 g/mol. The molecular formula is C17H22O5. The minimum Gasteiger partial charge on any atom is -0.481 e. The SMILES string of the molecule is O=C(O)C1COCCC1c1ccc(OC2CCCCO2)cc1. The Balaban J connectivity index is 1.66. The van der Waals surface area contributed by atoms with Crippen LogP contribution in [0.15, 0.2) is 24.3 Å². The number of rotatable bonds is 4. The lowest BCUT2D eigenvalue weighted by molar-refractivity contribution is -0.147. The Morgan fingerprint density at radius 2 is 1.95 bits per heavy atom. The molecule has 0 aromatic heterocycles. The van der Waals surface area contributed by atoms with Gasteiger partial charge in [-0.3, -0.25) is 4.79 Å². The van der Waals surface area contributed by atoms with Crippen LogP contribution in [0.1, 0.15) is 37.2 Å². The Labute approximate surface area is 130 Å². The zero-order chi connectivity index (χ0) is 15.4. The molecule has 2 fully saturated rings. The van der Waals surface area contributed by atoms with Crippen LogP contribution in [-0.4, -0.2) is 37.2 Å². The van der Waals surface area contributed by atoms with E-state index in [1.54, 1.807) is 0 Å². The van der Waals surface area contributed by atoms with Crippen molar-refractivity contribution in [1.82, 2.24) is 0 Å². The lowest BCUT2D eigenvalue weighted by Crippen LogP contribution is -2.32. The van der Waals surface area contributed by atoms with E-state index in [9.17, 15) is 9.90 Å². The number of hydrogen-bond acceptors (Lipinski definition) is 4. The molecule has 1 aromatic carbocycles. The largest absolute Gasteiger partial charge is 0.481 e. The Kier molecular flexibility index (Phi) is 4.95. The van der Waals surface area contributed by atoms with E-state index >= 15 is 0 Å². The lowest BCUT2D eigenvalue weighted by Gasteiger charge is -2.29. The molecule has 3 rings (SSSR count). The van der Waals surface area contributed by atoms with Crippen LogP contribution in [0, 0.1) is 5.92 Å². The van der Waals surface area contributed by atoms with E-state index in [2.05, 4.69) is 0 Å². The van der Waals surface area contributed by atoms with Crippen molar-refractivity contribution in [1.29, 1.82) is 0 Å². The van der Waals surface area contributed by atoms with E-state index in [1.165, 1.54) is 0 Å². The molecule has 0 bridgehead atoms. The molecule has 0 radical (unpaired) electrons. The van der Waals surface area contributed by atoms with Crippen LogP contribution in [0.4, 0.5) is 0 Å². The number of benzene rings is 1. The Morgan fingerprint density at radius 3 is 2.64 bits per heavy atom. The van der Waals surface area contributed by atoms with Gasteiger partial charge in [0.15, 0.2) is 6.29 Å². The first-order valence-electron chi connectivity index (χ1n) is 7.93. The summed E-state index contributed by atoms with van der Waals surface area (Å²) in [4.78, 5) is 11.3. The van der Waals surface area contributed by atoms with E-state index < -0.39 is 11.9 Å². The standard InChI is InChI=1S/C17H22O5/c18-17(19)15-11-20-10-8-14(15)12-4-6-13(7-5-12)22-16-3-1-2-9-21-16/h4-7,14-16H,1-3,8-11H2,(H,18,19). The quantitative estimate of drug-likeness (QED) is 0.926. The smallest absolute Gasteiger partial charge is 0.309 e. The van der Waals surface area contributed by atoms with Gasteiger partial charge in [0, 0.05) is 18.9 Å². The maximum atomic E-state index is 11.3. The second-order valence-electron chi connectivity index (χ2n) is 5.90. The molecule has 22 heavy (non-hydrogen) atoms. The van der Waals surface area contributed by atoms with E-state index in [0.29, 0.717) is 6.61 Å². The van der Waals surface area contributed by atoms with Gasteiger partial charge in [-0.2, -0.15) is 0 Å². The van der Waals surface area contributed by atoms with Crippen LogP contribution in [0.2, 0.25) is 0 Å². The zero-order valence-corrected chi connectivity index (χ0v) is 12.6. The third kappa shape index (κ3) is 3.59. The molecule has 0 amide bonds. The highest BCUT2D eigenvalue weighted by Gasteiger charge is 2.32. The summed E-state index contributed by atoms with van der Waals surface area (Å²) in [6.45, 7) is 1.65. The third-order valence-corrected chi connectivity index (χ3v) is 4.39. The van der Waals surface area contributed by atoms with E-state index in [-0.39, 0.29) is 18.8 Å². The summed E-state index contributed by atoms with van der Waals surface area (Å²) in [7, 11) is 0. The van der Waals surface area contributed by atoms with Gasteiger partial charge in [0.25, 0.3) is 0 Å². The first-order valence-corrected chi connectivity index (χ1v) is 7.93. The number of carboxylic acid groups (broad SMARTS) is 1. The minimum atomic E-state index is -0.791. The maximum Gasteiger partial charge on any atom is 0.309 e. The number of carbonyl (C=O) groups is 1. The van der Waals surface area contributed by atoms with Crippen molar-refractivity contribution in [3.63, 3.8) is 0 Å². The number of aliphatic carboxylic acids is 1. The first kappa shape index (κ1) is 15.3. The van der Waals surface area contributed by atoms with Crippen molar-refractivity contribution in [2.24, 2.45) is 5.92 Å². The Morgan fingerprint density at radius 1 is 1.14 bits per heavy atom. The van der Waals surface area contributed by atoms with Crippen molar-refractivity contribution in [3.05, 3.63) is 29.8 Å². The fraction of sp³-hybridized carbons (Fsp3) is 0.588. The van der Waals surface area contributed by atoms with Gasteiger partial charge in [0.1, 0.15) is 5.75 Å². The van der Waals surface area contributed by atoms with Crippen LogP contribution in [0.3, 0.4) is 0 Å². The van der Waals surface area contributed by atoms with Crippen molar-refractivity contribution in [2.75, 3.05) is 19.8 Å². The summed E-state index contributed by atoms with van der Waals surface area (Å²) in [5, 5.41) is 9.32. The molecule has 120 valence electrons. The van der Waals surface area contributed by atoms with E-state index in [1.807, 2.05) is 24.3 Å². The molecular weight excluding hydrogens is 284 g/mol. The predicted molar refractivity (Wildman–Crippen MR) is 80.0 cm³/mol. The predicted octanol–water partition coefficient (Wildman–Crippen LogP) is 2.80. The van der Waals surface area contributed by atoms with Crippen molar-refractivity contribution in [2.45, 2.75) is 37.9 Å². The van der Waals surface area contributed by atoms with Crippen molar-refractivity contribution < 1.29 is 24.1 Å². The topological polar surface area (TPSA) is 65.0 Å². The van der Waals surface area contributed by atoms with Crippen LogP contribution < -0.4 is 4.74 Å². The molecule has 3 unspecified atom stereocenters. The molecule has 2 aliphatic rings. The van der Waals surface area contributed by atoms with Crippen LogP contribution in [0.5, 0.6) is 5.75 Å². The van der Waals surface area contributed by atoms with Gasteiger partial charge in [-0.05, 0) is 37.0 Å². The van der Waals surface area contributed by atoms with Gasteiger partial charge in [-0.15, -0.1) is 0 Å². The van der Waals surface area contributed by atoms with E-state index in [4.69, 9.17) is 14.2 Å². The molecule has 5 nitrogen and oxygen atoms in total. The zero-order valence-electron chi connectivity index (χ0n) is 12.6. The average molecular weight is 306 g/mol. The molecule has 0 spiro atoms. The number of carboxylic acids is 1. The van der Waals surface area contributed by atoms with Gasteiger partial charge in [-0.1, -0.05) is 12.1 Å². The molecule has 5 heteroatoms. The molecule has 3 atom stereocenters. The Hall–Kier alpha value is -1.59. The molecule has 2 heterocycles. The average Bonchev–Trinajstić information content (AvgIpc) is 2.56. The molecule has 1 N–H and O–H groups in total. The fourth-order valence-electron chi connectivity index (χ4n) is 3.13. The molecule has 1 aromatic rings. The number of hydrogen-bond donors (Lipinski definition) is 1. The van der Waals surface area contributed by atoms with Gasteiger partial charge < -0.3 is 19.3 Å². The summed E-state index contributed by atoms with van der Waals surface area (Å²) in [5.41, 5.74) is 1.03. The second-order valence-corrected chi connectivity index (χ2v) is 5.90. The summed E-state index contributed by atoms with van der Waals surface area (Å²) in [6, 6.07) is 7.73. The van der Waals surface area contributed by atoms with E-state index in [0.717, 1.165) is 43.6 Å². The van der Waals surface area contributed by atoms with Crippen LogP contribution >= 0.6 is 0 Å². The van der Waals surface area contributed by atoms with Crippen molar-refractivity contribution >= 4 is 5.97 Å². The molecule has 2 saturated heterocycles. The van der Waals surface area contributed by atoms with Gasteiger partial charge in [0.2, 0.25) is 0 Å². The van der Waals surface area contributed by atoms with Gasteiger partial charge in [0.05, 0.1) is 19.1 Å². The molecule has 0 aliphatic carbocycles. The van der Waals surface area contributed by atoms with Crippen LogP contribution in [0.25, 0.3) is 0 Å². The third-order valence-electron chi connectivity index (χ3n) is 4.39. The maximum absolute atomic E-state index is 11.3. The van der Waals surface area contributed by atoms with Crippen molar-refractivity contribution in [3.8, 4) is 5.75 Å². The summed E-state index contributed by atoms with van der Waals surface area (Å²) >= 11 is 0. The lowest BCUT2D eigenvalue weighted by atomic mass is 9.83. The number of ether oxygens (including phenoxy) is 3. The van der Waals surface area contributed by atoms with Crippen LogP contribution in [-0.2, 0) is 14.3 Å². The second kappa shape index (κ2) is 7.11. The highest BCUT2D eigenvalue weighted by Crippen LogP contribution is 2.33. The highest BCUT2D eigenvalue weighted by molar-refractivity contribution is 5.71. The summed E-state index contributed by atoms with van der Waals surface area (Å²) in [6.07, 6.45) is 3.73. The highest BCUT2D eigenvalue weighted by atomic mass is 16.7. The van der Waals surface area contributed by atoms with Gasteiger partial charge in [-0.25, -0.2) is 0 Å². The molecule has 2 aliphatic heterocycles. The Bertz CT molecular complexity index is 492. The summed E-state index contributed by atoms with van der Waals surface area (Å²) < 4.78 is 16.7. The van der Waals surface area contributed by atoms with Gasteiger partial charge >= 0.3 is 5.97 Å².